The van der Waals surface area contributed by atoms with E-state index < -0.39 is 0 Å². The Hall–Kier alpha value is -2.33. The zero-order valence-electron chi connectivity index (χ0n) is 13.8. The molecule has 1 heterocycles. The molecule has 0 aliphatic rings. The van der Waals surface area contributed by atoms with Crippen molar-refractivity contribution in [1.82, 2.24) is 4.57 Å². The Morgan fingerprint density at radius 3 is 2.25 bits per heavy atom. The average Bonchev–Trinajstić information content (AvgIpc) is 2.64. The van der Waals surface area contributed by atoms with E-state index in [1.807, 2.05) is 68.4 Å². The molecule has 2 aromatic carbocycles. The molecule has 4 heteroatoms. The fourth-order valence-electron chi connectivity index (χ4n) is 2.11. The number of hydrogen-bond acceptors (Lipinski definition) is 2. The Morgan fingerprint density at radius 1 is 0.958 bits per heavy atom. The quantitative estimate of drug-likeness (QED) is 0.617. The maximum absolute atomic E-state index is 12.2. The molecular weight excluding hydrogens is 366 g/mol. The summed E-state index contributed by atoms with van der Waals surface area (Å²) in [5.41, 5.74) is 1.77. The van der Waals surface area contributed by atoms with Gasteiger partial charge in [-0.2, -0.15) is 0 Å². The number of pyridine rings is 1. The minimum absolute atomic E-state index is 0.118. The number of halogens is 1. The van der Waals surface area contributed by atoms with Crippen molar-refractivity contribution in [1.29, 1.82) is 0 Å². The highest BCUT2D eigenvalue weighted by Gasteiger charge is 2.02. The lowest BCUT2D eigenvalue weighted by Gasteiger charge is -2.09. The second-order valence-electron chi connectivity index (χ2n) is 4.82. The Kier molecular flexibility index (Phi) is 6.82. The molecule has 0 N–H and O–H groups in total. The van der Waals surface area contributed by atoms with Crippen LogP contribution in [0.15, 0.2) is 82.2 Å². The van der Waals surface area contributed by atoms with E-state index in [1.165, 1.54) is 6.07 Å². The lowest BCUT2D eigenvalue weighted by molar-refractivity contribution is 0.305. The van der Waals surface area contributed by atoms with E-state index in [0.29, 0.717) is 12.4 Å². The highest BCUT2D eigenvalue weighted by Crippen LogP contribution is 2.15. The minimum atomic E-state index is -0.118. The van der Waals surface area contributed by atoms with Crippen LogP contribution in [0, 0.1) is 0 Å². The van der Waals surface area contributed by atoms with Gasteiger partial charge in [0.05, 0.1) is 0 Å². The predicted octanol–water partition coefficient (Wildman–Crippen LogP) is 5.21. The van der Waals surface area contributed by atoms with Crippen molar-refractivity contribution in [2.45, 2.75) is 20.5 Å². The van der Waals surface area contributed by atoms with Crippen LogP contribution in [0.3, 0.4) is 0 Å². The second kappa shape index (κ2) is 9.08. The lowest BCUT2D eigenvalue weighted by Crippen LogP contribution is -2.16. The SMILES string of the molecule is CC.O=c1cc(OCc2ccccc2)ccn1-c1ccc(Br)cc1. The molecule has 0 fully saturated rings. The van der Waals surface area contributed by atoms with Gasteiger partial charge in [-0.3, -0.25) is 9.36 Å². The van der Waals surface area contributed by atoms with Crippen LogP contribution in [-0.2, 0) is 6.61 Å². The smallest absolute Gasteiger partial charge is 0.258 e. The third-order valence-electron chi connectivity index (χ3n) is 3.24. The molecule has 0 saturated heterocycles. The average molecular weight is 386 g/mol. The largest absolute Gasteiger partial charge is 0.489 e. The molecular formula is C20H20BrNO2. The van der Waals surface area contributed by atoms with Crippen LogP contribution in [-0.4, -0.2) is 4.57 Å². The van der Waals surface area contributed by atoms with E-state index in [2.05, 4.69) is 15.9 Å². The topological polar surface area (TPSA) is 31.2 Å². The van der Waals surface area contributed by atoms with Crippen LogP contribution in [0.4, 0.5) is 0 Å². The van der Waals surface area contributed by atoms with Crippen molar-refractivity contribution in [3.63, 3.8) is 0 Å². The van der Waals surface area contributed by atoms with E-state index in [4.69, 9.17) is 4.74 Å². The van der Waals surface area contributed by atoms with Gasteiger partial charge in [-0.25, -0.2) is 0 Å². The number of hydrogen-bond donors (Lipinski definition) is 0. The molecule has 0 saturated carbocycles. The second-order valence-corrected chi connectivity index (χ2v) is 5.74. The van der Waals surface area contributed by atoms with Crippen molar-refractivity contribution in [3.8, 4) is 11.4 Å². The zero-order valence-corrected chi connectivity index (χ0v) is 15.4. The molecule has 0 amide bonds. The summed E-state index contributed by atoms with van der Waals surface area (Å²) in [5.74, 6) is 0.571. The van der Waals surface area contributed by atoms with Crippen molar-refractivity contribution in [2.24, 2.45) is 0 Å². The first kappa shape index (κ1) is 18.0. The maximum Gasteiger partial charge on any atom is 0.258 e. The van der Waals surface area contributed by atoms with Gasteiger partial charge in [-0.05, 0) is 35.9 Å². The summed E-state index contributed by atoms with van der Waals surface area (Å²) in [5, 5.41) is 0. The molecule has 1 aromatic heterocycles. The van der Waals surface area contributed by atoms with Crippen molar-refractivity contribution >= 4 is 15.9 Å². The Morgan fingerprint density at radius 2 is 1.62 bits per heavy atom. The number of ether oxygens (including phenoxy) is 1. The van der Waals surface area contributed by atoms with Crippen molar-refractivity contribution in [2.75, 3.05) is 0 Å². The first-order valence-corrected chi connectivity index (χ1v) is 8.67. The standard InChI is InChI=1S/C18H14BrNO2.C2H6/c19-15-6-8-16(9-7-15)20-11-10-17(12-18(20)21)22-13-14-4-2-1-3-5-14;1-2/h1-12H,13H2;1-2H3. The van der Waals surface area contributed by atoms with E-state index in [-0.39, 0.29) is 5.56 Å². The van der Waals surface area contributed by atoms with Crippen molar-refractivity contribution < 1.29 is 4.74 Å². The van der Waals surface area contributed by atoms with Gasteiger partial charge in [0, 0.05) is 22.4 Å². The van der Waals surface area contributed by atoms with Crippen LogP contribution in [0.5, 0.6) is 5.75 Å². The van der Waals surface area contributed by atoms with Gasteiger partial charge in [-0.15, -0.1) is 0 Å². The summed E-state index contributed by atoms with van der Waals surface area (Å²) in [4.78, 5) is 12.2. The third-order valence-corrected chi connectivity index (χ3v) is 3.77. The fraction of sp³-hybridized carbons (Fsp3) is 0.150. The van der Waals surface area contributed by atoms with Gasteiger partial charge in [0.25, 0.3) is 5.56 Å². The molecule has 3 aromatic rings. The monoisotopic (exact) mass is 385 g/mol. The van der Waals surface area contributed by atoms with E-state index >= 15 is 0 Å². The third kappa shape index (κ3) is 4.83. The van der Waals surface area contributed by atoms with Crippen LogP contribution in [0.2, 0.25) is 0 Å². The highest BCUT2D eigenvalue weighted by molar-refractivity contribution is 9.10. The van der Waals surface area contributed by atoms with E-state index in [1.54, 1.807) is 16.8 Å². The predicted molar refractivity (Wildman–Crippen MR) is 102 cm³/mol. The van der Waals surface area contributed by atoms with Crippen LogP contribution >= 0.6 is 15.9 Å². The molecule has 3 nitrogen and oxygen atoms in total. The number of rotatable bonds is 4. The van der Waals surface area contributed by atoms with Gasteiger partial charge in [0.2, 0.25) is 0 Å². The van der Waals surface area contributed by atoms with Gasteiger partial charge >= 0.3 is 0 Å². The zero-order chi connectivity index (χ0) is 17.4. The van der Waals surface area contributed by atoms with Gasteiger partial charge in [-0.1, -0.05) is 60.1 Å². The number of aromatic nitrogens is 1. The van der Waals surface area contributed by atoms with Crippen LogP contribution in [0.1, 0.15) is 19.4 Å². The Bertz CT molecular complexity index is 811. The van der Waals surface area contributed by atoms with Crippen LogP contribution in [0.25, 0.3) is 5.69 Å². The number of nitrogens with zero attached hydrogens (tertiary/aromatic N) is 1. The summed E-state index contributed by atoms with van der Waals surface area (Å²) in [6, 6.07) is 20.7. The lowest BCUT2D eigenvalue weighted by atomic mass is 10.2. The minimum Gasteiger partial charge on any atom is -0.489 e. The Labute approximate surface area is 150 Å². The molecule has 0 radical (unpaired) electrons. The molecule has 0 bridgehead atoms. The molecule has 0 aliphatic heterocycles. The van der Waals surface area contributed by atoms with E-state index in [9.17, 15) is 4.79 Å². The first-order valence-electron chi connectivity index (χ1n) is 7.88. The number of benzene rings is 2. The van der Waals surface area contributed by atoms with Gasteiger partial charge in [0.15, 0.2) is 0 Å². The molecule has 3 rings (SSSR count). The van der Waals surface area contributed by atoms with Crippen molar-refractivity contribution in [3.05, 3.63) is 93.3 Å². The summed E-state index contributed by atoms with van der Waals surface area (Å²) >= 11 is 3.38. The summed E-state index contributed by atoms with van der Waals surface area (Å²) in [6.07, 6.45) is 1.73. The fourth-order valence-corrected chi connectivity index (χ4v) is 2.37. The Balaban J connectivity index is 0.00000100. The normalized spacial score (nSPS) is 9.79. The maximum atomic E-state index is 12.2. The van der Waals surface area contributed by atoms with Crippen LogP contribution < -0.4 is 10.3 Å². The summed E-state index contributed by atoms with van der Waals surface area (Å²) in [7, 11) is 0. The van der Waals surface area contributed by atoms with Gasteiger partial charge in [0.1, 0.15) is 12.4 Å². The van der Waals surface area contributed by atoms with E-state index in [0.717, 1.165) is 15.7 Å². The molecule has 124 valence electrons. The molecule has 0 aliphatic carbocycles. The molecule has 0 spiro atoms. The molecule has 0 atom stereocenters. The van der Waals surface area contributed by atoms with Gasteiger partial charge < -0.3 is 4.74 Å². The summed E-state index contributed by atoms with van der Waals surface area (Å²) in [6.45, 7) is 4.45. The highest BCUT2D eigenvalue weighted by atomic mass is 79.9. The molecule has 0 unspecified atom stereocenters. The first-order chi connectivity index (χ1) is 11.7. The summed E-state index contributed by atoms with van der Waals surface area (Å²) < 4.78 is 8.23. The molecule has 24 heavy (non-hydrogen) atoms.